The Labute approximate surface area is 102 Å². The van der Waals surface area contributed by atoms with Gasteiger partial charge in [0.15, 0.2) is 0 Å². The maximum Gasteiger partial charge on any atom is 0.303 e. The fraction of sp³-hybridized carbons (Fsp3) is 0.500. The molecule has 1 saturated heterocycles. The first-order valence-corrected chi connectivity index (χ1v) is 6.06. The molecule has 3 heteroatoms. The van der Waals surface area contributed by atoms with Crippen LogP contribution in [0.2, 0.25) is 0 Å². The Kier molecular flexibility index (Phi) is 3.48. The second kappa shape index (κ2) is 4.88. The zero-order valence-electron chi connectivity index (χ0n) is 10.4. The predicted molar refractivity (Wildman–Crippen MR) is 66.9 cm³/mol. The van der Waals surface area contributed by atoms with Gasteiger partial charge in [0.2, 0.25) is 0 Å². The number of carbonyl (C=O) groups is 1. The molecule has 2 unspecified atom stereocenters. The molecule has 1 aliphatic rings. The van der Waals surface area contributed by atoms with Crippen molar-refractivity contribution in [2.75, 3.05) is 13.6 Å². The lowest BCUT2D eigenvalue weighted by Gasteiger charge is -2.24. The Hall–Kier alpha value is -1.35. The van der Waals surface area contributed by atoms with Gasteiger partial charge in [-0.2, -0.15) is 0 Å². The van der Waals surface area contributed by atoms with Crippen molar-refractivity contribution in [1.82, 2.24) is 4.90 Å². The molecule has 1 aromatic carbocycles. The fourth-order valence-corrected chi connectivity index (χ4v) is 2.75. The van der Waals surface area contributed by atoms with Crippen molar-refractivity contribution in [3.05, 3.63) is 35.4 Å². The number of nitrogens with zero attached hydrogens (tertiary/aromatic N) is 1. The summed E-state index contributed by atoms with van der Waals surface area (Å²) in [6.07, 6.45) is 1.24. The Morgan fingerprint density at radius 2 is 2.06 bits per heavy atom. The molecule has 1 heterocycles. The Bertz CT molecular complexity index is 399. The van der Waals surface area contributed by atoms with Gasteiger partial charge in [-0.1, -0.05) is 29.8 Å². The first-order chi connectivity index (χ1) is 8.08. The summed E-state index contributed by atoms with van der Waals surface area (Å²) < 4.78 is 0. The second-order valence-corrected chi connectivity index (χ2v) is 4.98. The van der Waals surface area contributed by atoms with Crippen molar-refractivity contribution in [2.45, 2.75) is 25.8 Å². The lowest BCUT2D eigenvalue weighted by molar-refractivity contribution is -0.138. The van der Waals surface area contributed by atoms with E-state index in [1.54, 1.807) is 0 Å². The van der Waals surface area contributed by atoms with Gasteiger partial charge in [-0.3, -0.25) is 9.69 Å². The Morgan fingerprint density at radius 3 is 2.65 bits per heavy atom. The van der Waals surface area contributed by atoms with Crippen molar-refractivity contribution in [3.63, 3.8) is 0 Å². The summed E-state index contributed by atoms with van der Waals surface area (Å²) >= 11 is 0. The van der Waals surface area contributed by atoms with Gasteiger partial charge in [-0.25, -0.2) is 0 Å². The smallest absolute Gasteiger partial charge is 0.303 e. The minimum atomic E-state index is -0.692. The first kappa shape index (κ1) is 12.1. The van der Waals surface area contributed by atoms with Crippen LogP contribution in [0.5, 0.6) is 0 Å². The van der Waals surface area contributed by atoms with Gasteiger partial charge in [-0.15, -0.1) is 0 Å². The molecule has 0 radical (unpaired) electrons. The summed E-state index contributed by atoms with van der Waals surface area (Å²) in [6.45, 7) is 3.05. The van der Waals surface area contributed by atoms with E-state index in [0.29, 0.717) is 0 Å². The summed E-state index contributed by atoms with van der Waals surface area (Å²) in [5.41, 5.74) is 2.48. The molecule has 0 amide bonds. The van der Waals surface area contributed by atoms with E-state index in [4.69, 9.17) is 5.11 Å². The number of aryl methyl sites for hydroxylation is 1. The quantitative estimate of drug-likeness (QED) is 0.871. The molecule has 1 aromatic rings. The molecule has 1 aliphatic heterocycles. The molecule has 0 saturated carbocycles. The van der Waals surface area contributed by atoms with Gasteiger partial charge >= 0.3 is 5.97 Å². The molecular weight excluding hydrogens is 214 g/mol. The summed E-state index contributed by atoms with van der Waals surface area (Å²) in [5, 5.41) is 8.95. The highest BCUT2D eigenvalue weighted by atomic mass is 16.4. The van der Waals surface area contributed by atoms with Gasteiger partial charge in [0.05, 0.1) is 6.42 Å². The van der Waals surface area contributed by atoms with Crippen LogP contribution in [0.4, 0.5) is 0 Å². The lowest BCUT2D eigenvalue weighted by atomic mass is 9.91. The number of likely N-dealkylation sites (tertiary alicyclic amines) is 1. The van der Waals surface area contributed by atoms with Crippen LogP contribution < -0.4 is 0 Å². The largest absolute Gasteiger partial charge is 0.481 e. The van der Waals surface area contributed by atoms with Gasteiger partial charge in [0, 0.05) is 6.04 Å². The second-order valence-electron chi connectivity index (χ2n) is 4.98. The monoisotopic (exact) mass is 233 g/mol. The van der Waals surface area contributed by atoms with Gasteiger partial charge in [0.1, 0.15) is 0 Å². The van der Waals surface area contributed by atoms with Crippen LogP contribution in [0.25, 0.3) is 0 Å². The zero-order chi connectivity index (χ0) is 12.4. The Morgan fingerprint density at radius 1 is 1.41 bits per heavy atom. The number of carboxylic acid groups (broad SMARTS) is 1. The molecule has 2 rings (SSSR count). The molecule has 2 atom stereocenters. The number of hydrogen-bond donors (Lipinski definition) is 1. The standard InChI is InChI=1S/C14H19NO2/c1-10-3-5-11(6-4-10)14-12(9-13(16)17)7-8-15(14)2/h3-6,12,14H,7-9H2,1-2H3,(H,16,17). The van der Waals surface area contributed by atoms with Crippen molar-refractivity contribution < 1.29 is 9.90 Å². The third-order valence-corrected chi connectivity index (χ3v) is 3.63. The summed E-state index contributed by atoms with van der Waals surface area (Å²) in [4.78, 5) is 13.1. The average molecular weight is 233 g/mol. The van der Waals surface area contributed by atoms with Gasteiger partial charge in [-0.05, 0) is 38.4 Å². The van der Waals surface area contributed by atoms with Crippen LogP contribution in [0.1, 0.15) is 30.0 Å². The number of hydrogen-bond acceptors (Lipinski definition) is 2. The summed E-state index contributed by atoms with van der Waals surface area (Å²) in [6, 6.07) is 8.69. The third-order valence-electron chi connectivity index (χ3n) is 3.63. The molecule has 17 heavy (non-hydrogen) atoms. The van der Waals surface area contributed by atoms with Crippen LogP contribution in [-0.2, 0) is 4.79 Å². The molecule has 92 valence electrons. The van der Waals surface area contributed by atoms with Crippen LogP contribution in [0.15, 0.2) is 24.3 Å². The molecule has 3 nitrogen and oxygen atoms in total. The average Bonchev–Trinajstić information content (AvgIpc) is 2.61. The maximum absolute atomic E-state index is 10.9. The minimum absolute atomic E-state index is 0.236. The third kappa shape index (κ3) is 2.67. The molecule has 1 fully saturated rings. The fourth-order valence-electron chi connectivity index (χ4n) is 2.75. The van der Waals surface area contributed by atoms with Crippen molar-refractivity contribution in [3.8, 4) is 0 Å². The van der Waals surface area contributed by atoms with Crippen molar-refractivity contribution in [2.24, 2.45) is 5.92 Å². The molecular formula is C14H19NO2. The lowest BCUT2D eigenvalue weighted by Crippen LogP contribution is -2.22. The van der Waals surface area contributed by atoms with Crippen LogP contribution in [0.3, 0.4) is 0 Å². The highest BCUT2D eigenvalue weighted by molar-refractivity contribution is 5.67. The summed E-state index contributed by atoms with van der Waals surface area (Å²) in [5.74, 6) is -0.456. The SMILES string of the molecule is Cc1ccc(C2C(CC(=O)O)CCN2C)cc1. The molecule has 0 bridgehead atoms. The van der Waals surface area contributed by atoms with E-state index in [0.717, 1.165) is 13.0 Å². The van der Waals surface area contributed by atoms with E-state index in [2.05, 4.69) is 43.1 Å². The van der Waals surface area contributed by atoms with Crippen molar-refractivity contribution >= 4 is 5.97 Å². The van der Waals surface area contributed by atoms with E-state index in [-0.39, 0.29) is 18.4 Å². The highest BCUT2D eigenvalue weighted by Gasteiger charge is 2.34. The summed E-state index contributed by atoms with van der Waals surface area (Å²) in [7, 11) is 2.08. The maximum atomic E-state index is 10.9. The molecule has 0 spiro atoms. The number of rotatable bonds is 3. The highest BCUT2D eigenvalue weighted by Crippen LogP contribution is 2.37. The zero-order valence-corrected chi connectivity index (χ0v) is 10.4. The van der Waals surface area contributed by atoms with Gasteiger partial charge < -0.3 is 5.11 Å². The number of benzene rings is 1. The van der Waals surface area contributed by atoms with Crippen LogP contribution >= 0.6 is 0 Å². The van der Waals surface area contributed by atoms with E-state index in [1.807, 2.05) is 0 Å². The minimum Gasteiger partial charge on any atom is -0.481 e. The Balaban J connectivity index is 2.21. The van der Waals surface area contributed by atoms with E-state index in [1.165, 1.54) is 11.1 Å². The van der Waals surface area contributed by atoms with Crippen LogP contribution in [0, 0.1) is 12.8 Å². The van der Waals surface area contributed by atoms with E-state index in [9.17, 15) is 4.79 Å². The van der Waals surface area contributed by atoms with E-state index >= 15 is 0 Å². The topological polar surface area (TPSA) is 40.5 Å². The van der Waals surface area contributed by atoms with Gasteiger partial charge in [0.25, 0.3) is 0 Å². The molecule has 0 aromatic heterocycles. The molecule has 1 N–H and O–H groups in total. The van der Waals surface area contributed by atoms with Crippen LogP contribution in [-0.4, -0.2) is 29.6 Å². The number of aliphatic carboxylic acids is 1. The van der Waals surface area contributed by atoms with E-state index < -0.39 is 5.97 Å². The number of carboxylic acids is 1. The first-order valence-electron chi connectivity index (χ1n) is 6.06. The molecule has 0 aliphatic carbocycles. The normalized spacial score (nSPS) is 25.1. The predicted octanol–water partition coefficient (Wildman–Crippen LogP) is 2.46. The van der Waals surface area contributed by atoms with Crippen molar-refractivity contribution in [1.29, 1.82) is 0 Å².